The van der Waals surface area contributed by atoms with Gasteiger partial charge in [-0.1, -0.05) is 11.6 Å². The van der Waals surface area contributed by atoms with Gasteiger partial charge in [0.2, 0.25) is 5.78 Å². The highest BCUT2D eigenvalue weighted by atomic mass is 16.5. The third-order valence-electron chi connectivity index (χ3n) is 4.81. The van der Waals surface area contributed by atoms with Crippen molar-refractivity contribution in [3.63, 3.8) is 0 Å². The molecule has 0 aromatic heterocycles. The van der Waals surface area contributed by atoms with Crippen LogP contribution in [0.5, 0.6) is 28.7 Å². The van der Waals surface area contributed by atoms with E-state index in [1.165, 1.54) is 13.2 Å². The summed E-state index contributed by atoms with van der Waals surface area (Å²) in [4.78, 5) is 12.7. The zero-order chi connectivity index (χ0) is 21.3. The van der Waals surface area contributed by atoms with E-state index in [1.807, 2.05) is 19.9 Å². The van der Waals surface area contributed by atoms with Gasteiger partial charge in [-0.15, -0.1) is 0 Å². The lowest BCUT2D eigenvalue weighted by molar-refractivity contribution is 0.0202. The van der Waals surface area contributed by atoms with Gasteiger partial charge in [-0.05, 0) is 32.4 Å². The second kappa shape index (κ2) is 8.05. The first-order chi connectivity index (χ1) is 13.8. The van der Waals surface area contributed by atoms with Crippen LogP contribution in [0.1, 0.15) is 41.4 Å². The second-order valence-corrected chi connectivity index (χ2v) is 7.04. The highest BCUT2D eigenvalue weighted by Gasteiger charge is 2.41. The highest BCUT2D eigenvalue weighted by molar-refractivity contribution is 6.05. The van der Waals surface area contributed by atoms with E-state index in [9.17, 15) is 20.1 Å². The van der Waals surface area contributed by atoms with Crippen LogP contribution in [0.3, 0.4) is 0 Å². The number of phenolic OH excluding ortho intramolecular Hbond substituents is 2. The molecule has 2 atom stereocenters. The summed E-state index contributed by atoms with van der Waals surface area (Å²) in [6, 6.07) is 5.64. The van der Waals surface area contributed by atoms with Gasteiger partial charge in [0, 0.05) is 23.3 Å². The molecule has 0 bridgehead atoms. The highest BCUT2D eigenvalue weighted by Crippen LogP contribution is 2.45. The number of aliphatic hydroxyl groups excluding tert-OH is 1. The van der Waals surface area contributed by atoms with Crippen LogP contribution in [-0.2, 0) is 6.42 Å². The fraction of sp³-hybridized carbons (Fsp3) is 0.318. The summed E-state index contributed by atoms with van der Waals surface area (Å²) in [6.45, 7) is 3.96. The van der Waals surface area contributed by atoms with E-state index in [2.05, 4.69) is 0 Å². The molecular weight excluding hydrogens is 376 g/mol. The summed E-state index contributed by atoms with van der Waals surface area (Å²) in [5, 5.41) is 30.4. The van der Waals surface area contributed by atoms with Crippen molar-refractivity contribution in [1.82, 2.24) is 0 Å². The van der Waals surface area contributed by atoms with E-state index in [1.54, 1.807) is 19.2 Å². The number of carbonyl (C=O) groups is 1. The van der Waals surface area contributed by atoms with Crippen LogP contribution in [0.2, 0.25) is 0 Å². The molecule has 3 rings (SSSR count). The number of ether oxygens (including phenoxy) is 3. The summed E-state index contributed by atoms with van der Waals surface area (Å²) in [5.74, 6) is -0.366. The Bertz CT molecular complexity index is 974. The Hall–Kier alpha value is -3.19. The monoisotopic (exact) mass is 400 g/mol. The molecule has 29 heavy (non-hydrogen) atoms. The lowest BCUT2D eigenvalue weighted by Gasteiger charge is -2.31. The topological polar surface area (TPSA) is 105 Å². The van der Waals surface area contributed by atoms with Crippen molar-refractivity contribution in [2.24, 2.45) is 0 Å². The number of hydrogen-bond donors (Lipinski definition) is 3. The molecule has 0 aliphatic carbocycles. The van der Waals surface area contributed by atoms with E-state index in [0.29, 0.717) is 23.5 Å². The normalized spacial score (nSPS) is 17.9. The molecule has 0 amide bonds. The molecule has 7 heteroatoms. The van der Waals surface area contributed by atoms with Crippen LogP contribution < -0.4 is 14.2 Å². The number of Topliss-reactive ketones (excluding diaryl/α,β-unsaturated/α-hetero) is 1. The van der Waals surface area contributed by atoms with Gasteiger partial charge >= 0.3 is 0 Å². The van der Waals surface area contributed by atoms with Crippen LogP contribution in [-0.4, -0.2) is 41.4 Å². The Balaban J connectivity index is 2.13. The van der Waals surface area contributed by atoms with Crippen LogP contribution >= 0.6 is 0 Å². The predicted octanol–water partition coefficient (Wildman–Crippen LogP) is 3.30. The fourth-order valence-corrected chi connectivity index (χ4v) is 3.43. The Labute approximate surface area is 168 Å². The summed E-state index contributed by atoms with van der Waals surface area (Å²) in [6.07, 6.45) is -0.102. The number of aliphatic hydroxyl groups is 1. The maximum Gasteiger partial charge on any atom is 0.202 e. The maximum atomic E-state index is 12.7. The summed E-state index contributed by atoms with van der Waals surface area (Å²) in [7, 11) is 3.05. The van der Waals surface area contributed by atoms with Gasteiger partial charge in [-0.3, -0.25) is 4.79 Å². The Morgan fingerprint density at radius 1 is 1.17 bits per heavy atom. The molecule has 1 heterocycles. The molecule has 2 aromatic rings. The molecule has 1 aliphatic heterocycles. The van der Waals surface area contributed by atoms with Crippen molar-refractivity contribution in [2.45, 2.75) is 32.5 Å². The number of aromatic hydroxyl groups is 2. The predicted molar refractivity (Wildman–Crippen MR) is 106 cm³/mol. The zero-order valence-electron chi connectivity index (χ0n) is 16.7. The van der Waals surface area contributed by atoms with Gasteiger partial charge in [0.05, 0.1) is 14.2 Å². The van der Waals surface area contributed by atoms with E-state index < -0.39 is 23.7 Å². The Kier molecular flexibility index (Phi) is 5.70. The number of phenols is 2. The lowest BCUT2D eigenvalue weighted by Crippen LogP contribution is -2.36. The number of rotatable bonds is 5. The standard InChI is InChI=1S/C22H24O7/c1-11(2)5-6-13-16(27-3)8-7-14(21(13)28-4)22-20(26)19(25)18-15(24)9-12(23)10-17(18)29-22/h5,7-10,20,22-24,26H,6H2,1-4H3/t20-,22+/m1/s1. The molecule has 0 saturated heterocycles. The van der Waals surface area contributed by atoms with Crippen LogP contribution in [0.4, 0.5) is 0 Å². The maximum absolute atomic E-state index is 12.7. The number of hydrogen-bond acceptors (Lipinski definition) is 7. The number of carbonyl (C=O) groups excluding carboxylic acids is 1. The van der Waals surface area contributed by atoms with E-state index >= 15 is 0 Å². The molecule has 0 radical (unpaired) electrons. The number of fused-ring (bicyclic) bond motifs is 1. The lowest BCUT2D eigenvalue weighted by atomic mass is 9.90. The molecule has 7 nitrogen and oxygen atoms in total. The van der Waals surface area contributed by atoms with Crippen molar-refractivity contribution < 1.29 is 34.3 Å². The molecule has 3 N–H and O–H groups in total. The van der Waals surface area contributed by atoms with Crippen molar-refractivity contribution in [2.75, 3.05) is 14.2 Å². The molecule has 2 aromatic carbocycles. The average Bonchev–Trinajstić information content (AvgIpc) is 2.67. The van der Waals surface area contributed by atoms with E-state index in [4.69, 9.17) is 14.2 Å². The number of ketones is 1. The van der Waals surface area contributed by atoms with Crippen molar-refractivity contribution in [3.8, 4) is 28.7 Å². The average molecular weight is 400 g/mol. The molecule has 1 aliphatic rings. The Morgan fingerprint density at radius 2 is 1.90 bits per heavy atom. The summed E-state index contributed by atoms with van der Waals surface area (Å²) >= 11 is 0. The van der Waals surface area contributed by atoms with Crippen LogP contribution in [0.15, 0.2) is 35.9 Å². The van der Waals surface area contributed by atoms with Gasteiger partial charge in [-0.2, -0.15) is 0 Å². The van der Waals surface area contributed by atoms with Crippen molar-refractivity contribution >= 4 is 5.78 Å². The Morgan fingerprint density at radius 3 is 2.52 bits per heavy atom. The first kappa shape index (κ1) is 20.5. The fourth-order valence-electron chi connectivity index (χ4n) is 3.43. The molecule has 0 fully saturated rings. The third kappa shape index (κ3) is 3.73. The van der Waals surface area contributed by atoms with Crippen molar-refractivity contribution in [1.29, 1.82) is 0 Å². The van der Waals surface area contributed by atoms with Crippen molar-refractivity contribution in [3.05, 3.63) is 52.6 Å². The first-order valence-corrected chi connectivity index (χ1v) is 9.10. The van der Waals surface area contributed by atoms with E-state index in [-0.39, 0.29) is 17.1 Å². The number of allylic oxidation sites excluding steroid dienone is 2. The minimum absolute atomic E-state index is 0.00785. The quantitative estimate of drug-likeness (QED) is 0.661. The summed E-state index contributed by atoms with van der Waals surface area (Å²) in [5.41, 5.74) is 2.16. The molecule has 0 spiro atoms. The van der Waals surface area contributed by atoms with Gasteiger partial charge in [0.25, 0.3) is 0 Å². The van der Waals surface area contributed by atoms with Crippen LogP contribution in [0, 0.1) is 0 Å². The smallest absolute Gasteiger partial charge is 0.202 e. The number of benzene rings is 2. The molecule has 0 saturated carbocycles. The zero-order valence-corrected chi connectivity index (χ0v) is 16.7. The summed E-state index contributed by atoms with van der Waals surface area (Å²) < 4.78 is 16.9. The molecule has 0 unspecified atom stereocenters. The minimum Gasteiger partial charge on any atom is -0.508 e. The molecular formula is C22H24O7. The van der Waals surface area contributed by atoms with Crippen LogP contribution in [0.25, 0.3) is 0 Å². The van der Waals surface area contributed by atoms with Gasteiger partial charge < -0.3 is 29.5 Å². The largest absolute Gasteiger partial charge is 0.508 e. The van der Waals surface area contributed by atoms with Gasteiger partial charge in [0.1, 0.15) is 34.3 Å². The minimum atomic E-state index is -1.56. The van der Waals surface area contributed by atoms with Gasteiger partial charge in [-0.25, -0.2) is 0 Å². The van der Waals surface area contributed by atoms with Gasteiger partial charge in [0.15, 0.2) is 12.2 Å². The SMILES string of the molecule is COc1ccc([C@@H]2Oc3cc(O)cc(O)c3C(=O)[C@H]2O)c(OC)c1CC=C(C)C. The third-order valence-corrected chi connectivity index (χ3v) is 4.81. The first-order valence-electron chi connectivity index (χ1n) is 9.10. The second-order valence-electron chi connectivity index (χ2n) is 7.04. The van der Waals surface area contributed by atoms with E-state index in [0.717, 1.165) is 17.2 Å². The molecule has 154 valence electrons. The number of methoxy groups -OCH3 is 2.